The van der Waals surface area contributed by atoms with Gasteiger partial charge in [0.2, 0.25) is 4.47 Å². The predicted octanol–water partition coefficient (Wildman–Crippen LogP) is 2.99. The molecule has 0 radical (unpaired) electrons. The van der Waals surface area contributed by atoms with Crippen molar-refractivity contribution in [2.24, 2.45) is 0 Å². The SMILES string of the molecule is Cc1cc([N+](=O)[O-])ccc1OCc1nnc(Cl)s1. The molecule has 0 unspecified atom stereocenters. The van der Waals surface area contributed by atoms with Crippen LogP contribution in [0.4, 0.5) is 5.69 Å². The number of benzene rings is 1. The summed E-state index contributed by atoms with van der Waals surface area (Å²) in [6, 6.07) is 4.42. The molecule has 6 nitrogen and oxygen atoms in total. The molecule has 0 atom stereocenters. The van der Waals surface area contributed by atoms with Crippen LogP contribution in [0.5, 0.6) is 5.75 Å². The van der Waals surface area contributed by atoms with Crippen molar-refractivity contribution in [1.29, 1.82) is 0 Å². The van der Waals surface area contributed by atoms with Crippen LogP contribution in [-0.4, -0.2) is 15.1 Å². The molecule has 0 fully saturated rings. The minimum atomic E-state index is -0.443. The van der Waals surface area contributed by atoms with Gasteiger partial charge in [0.15, 0.2) is 5.01 Å². The third kappa shape index (κ3) is 2.93. The summed E-state index contributed by atoms with van der Waals surface area (Å²) in [7, 11) is 0. The van der Waals surface area contributed by atoms with Gasteiger partial charge in [-0.15, -0.1) is 10.2 Å². The van der Waals surface area contributed by atoms with Gasteiger partial charge < -0.3 is 4.74 Å². The molecule has 0 spiro atoms. The molecular formula is C10H8ClN3O3S. The number of nitro groups is 1. The van der Waals surface area contributed by atoms with Crippen molar-refractivity contribution in [3.8, 4) is 5.75 Å². The van der Waals surface area contributed by atoms with Crippen molar-refractivity contribution >= 4 is 28.6 Å². The van der Waals surface area contributed by atoms with Gasteiger partial charge in [0.25, 0.3) is 5.69 Å². The summed E-state index contributed by atoms with van der Waals surface area (Å²) in [6.45, 7) is 1.98. The molecule has 0 aliphatic heterocycles. The Morgan fingerprint density at radius 1 is 1.50 bits per heavy atom. The van der Waals surface area contributed by atoms with E-state index < -0.39 is 4.92 Å². The number of aryl methyl sites for hydroxylation is 1. The maximum Gasteiger partial charge on any atom is 0.269 e. The first-order chi connectivity index (χ1) is 8.56. The van der Waals surface area contributed by atoms with E-state index in [-0.39, 0.29) is 12.3 Å². The molecule has 0 aliphatic carbocycles. The quantitative estimate of drug-likeness (QED) is 0.637. The fourth-order valence-electron chi connectivity index (χ4n) is 1.34. The molecule has 1 aromatic carbocycles. The van der Waals surface area contributed by atoms with Crippen LogP contribution in [0, 0.1) is 17.0 Å². The van der Waals surface area contributed by atoms with E-state index >= 15 is 0 Å². The van der Waals surface area contributed by atoms with Gasteiger partial charge >= 0.3 is 0 Å². The molecule has 1 aromatic heterocycles. The zero-order chi connectivity index (χ0) is 13.1. The molecular weight excluding hydrogens is 278 g/mol. The summed E-state index contributed by atoms with van der Waals surface area (Å²) in [5, 5.41) is 18.7. The van der Waals surface area contributed by atoms with Gasteiger partial charge in [-0.1, -0.05) is 11.3 Å². The van der Waals surface area contributed by atoms with E-state index in [9.17, 15) is 10.1 Å². The highest BCUT2D eigenvalue weighted by Crippen LogP contribution is 2.24. The van der Waals surface area contributed by atoms with E-state index in [2.05, 4.69) is 10.2 Å². The summed E-state index contributed by atoms with van der Waals surface area (Å²) >= 11 is 6.87. The van der Waals surface area contributed by atoms with Crippen LogP contribution in [0.3, 0.4) is 0 Å². The summed E-state index contributed by atoms with van der Waals surface area (Å²) in [5.41, 5.74) is 0.735. The Morgan fingerprint density at radius 2 is 2.28 bits per heavy atom. The highest BCUT2D eigenvalue weighted by Gasteiger charge is 2.09. The fourth-order valence-corrected chi connectivity index (χ4v) is 2.12. The lowest BCUT2D eigenvalue weighted by Gasteiger charge is -2.06. The molecule has 2 aromatic rings. The Morgan fingerprint density at radius 3 is 2.83 bits per heavy atom. The van der Waals surface area contributed by atoms with Gasteiger partial charge in [0.1, 0.15) is 12.4 Å². The third-order valence-corrected chi connectivity index (χ3v) is 3.15. The molecule has 2 rings (SSSR count). The van der Waals surface area contributed by atoms with Crippen LogP contribution in [0.15, 0.2) is 18.2 Å². The minimum Gasteiger partial charge on any atom is -0.486 e. The summed E-state index contributed by atoms with van der Waals surface area (Å²) in [4.78, 5) is 10.1. The first-order valence-electron chi connectivity index (χ1n) is 4.92. The number of nitrogens with zero attached hydrogens (tertiary/aromatic N) is 3. The van der Waals surface area contributed by atoms with E-state index in [0.717, 1.165) is 0 Å². The van der Waals surface area contributed by atoms with Crippen LogP contribution in [0.2, 0.25) is 4.47 Å². The topological polar surface area (TPSA) is 78.2 Å². The molecule has 0 aliphatic rings. The fraction of sp³-hybridized carbons (Fsp3) is 0.200. The third-order valence-electron chi connectivity index (χ3n) is 2.16. The van der Waals surface area contributed by atoms with Crippen LogP contribution in [-0.2, 0) is 6.61 Å². The van der Waals surface area contributed by atoms with Gasteiger partial charge in [-0.25, -0.2) is 0 Å². The molecule has 0 N–H and O–H groups in total. The van der Waals surface area contributed by atoms with Crippen molar-refractivity contribution in [3.05, 3.63) is 43.4 Å². The lowest BCUT2D eigenvalue weighted by molar-refractivity contribution is -0.384. The number of hydrogen-bond donors (Lipinski definition) is 0. The normalized spacial score (nSPS) is 10.3. The smallest absolute Gasteiger partial charge is 0.269 e. The second-order valence-corrected chi connectivity index (χ2v) is 5.09. The van der Waals surface area contributed by atoms with Crippen LogP contribution >= 0.6 is 22.9 Å². The first kappa shape index (κ1) is 12.7. The summed E-state index contributed by atoms with van der Waals surface area (Å²) in [6.07, 6.45) is 0. The Bertz CT molecular complexity index is 587. The highest BCUT2D eigenvalue weighted by molar-refractivity contribution is 7.15. The average molecular weight is 286 g/mol. The number of ether oxygens (including phenoxy) is 1. The lowest BCUT2D eigenvalue weighted by Crippen LogP contribution is -1.97. The summed E-state index contributed by atoms with van der Waals surface area (Å²) in [5.74, 6) is 0.576. The van der Waals surface area contributed by atoms with Gasteiger partial charge in [0, 0.05) is 12.1 Å². The van der Waals surface area contributed by atoms with E-state index in [0.29, 0.717) is 20.8 Å². The molecule has 0 bridgehead atoms. The van der Waals surface area contributed by atoms with Crippen molar-refractivity contribution in [2.75, 3.05) is 0 Å². The maximum atomic E-state index is 10.6. The van der Waals surface area contributed by atoms with Crippen molar-refractivity contribution < 1.29 is 9.66 Å². The van der Waals surface area contributed by atoms with E-state index in [1.165, 1.54) is 23.5 Å². The molecule has 0 saturated carbocycles. The Balaban J connectivity index is 2.08. The predicted molar refractivity (Wildman–Crippen MR) is 67.1 cm³/mol. The molecule has 8 heteroatoms. The van der Waals surface area contributed by atoms with Crippen molar-refractivity contribution in [2.45, 2.75) is 13.5 Å². The standard InChI is InChI=1S/C10H8ClN3O3S/c1-6-4-7(14(15)16)2-3-8(6)17-5-9-12-13-10(11)18-9/h2-4H,5H2,1H3. The number of aromatic nitrogens is 2. The van der Waals surface area contributed by atoms with Crippen molar-refractivity contribution in [3.63, 3.8) is 0 Å². The second kappa shape index (κ2) is 5.28. The van der Waals surface area contributed by atoms with Gasteiger partial charge in [-0.3, -0.25) is 10.1 Å². The monoisotopic (exact) mass is 285 g/mol. The van der Waals surface area contributed by atoms with Crippen LogP contribution in [0.1, 0.15) is 10.6 Å². The molecule has 18 heavy (non-hydrogen) atoms. The molecule has 1 heterocycles. The van der Waals surface area contributed by atoms with Crippen LogP contribution in [0.25, 0.3) is 0 Å². The zero-order valence-electron chi connectivity index (χ0n) is 9.29. The Kier molecular flexibility index (Phi) is 3.73. The van der Waals surface area contributed by atoms with Gasteiger partial charge in [0.05, 0.1) is 4.92 Å². The van der Waals surface area contributed by atoms with Crippen molar-refractivity contribution in [1.82, 2.24) is 10.2 Å². The number of nitro benzene ring substituents is 1. The Hall–Kier alpha value is -1.73. The van der Waals surface area contributed by atoms with E-state index in [1.54, 1.807) is 13.0 Å². The highest BCUT2D eigenvalue weighted by atomic mass is 35.5. The lowest BCUT2D eigenvalue weighted by atomic mass is 10.2. The van der Waals surface area contributed by atoms with E-state index in [1.807, 2.05) is 0 Å². The second-order valence-electron chi connectivity index (χ2n) is 3.44. The molecule has 94 valence electrons. The van der Waals surface area contributed by atoms with E-state index in [4.69, 9.17) is 16.3 Å². The molecule has 0 saturated heterocycles. The number of rotatable bonds is 4. The number of non-ortho nitro benzene ring substituents is 1. The summed E-state index contributed by atoms with van der Waals surface area (Å²) < 4.78 is 5.85. The van der Waals surface area contributed by atoms with Gasteiger partial charge in [-0.2, -0.15) is 0 Å². The largest absolute Gasteiger partial charge is 0.486 e. The molecule has 0 amide bonds. The van der Waals surface area contributed by atoms with Gasteiger partial charge in [-0.05, 0) is 30.2 Å². The average Bonchev–Trinajstić information content (AvgIpc) is 2.73. The number of hydrogen-bond acceptors (Lipinski definition) is 6. The first-order valence-corrected chi connectivity index (χ1v) is 6.11. The minimum absolute atomic E-state index is 0.0406. The number of halogens is 1. The zero-order valence-corrected chi connectivity index (χ0v) is 10.9. The van der Waals surface area contributed by atoms with Crippen LogP contribution < -0.4 is 4.74 Å². The maximum absolute atomic E-state index is 10.6. The Labute approximate surface area is 111 Å².